The van der Waals surface area contributed by atoms with E-state index in [1.165, 1.54) is 19.2 Å². The highest BCUT2D eigenvalue weighted by Gasteiger charge is 2.18. The lowest BCUT2D eigenvalue weighted by atomic mass is 10.3. The van der Waals surface area contributed by atoms with Crippen LogP contribution in [0.2, 0.25) is 0 Å². The molecule has 1 aromatic heterocycles. The Kier molecular flexibility index (Phi) is 3.83. The highest BCUT2D eigenvalue weighted by atomic mass is 19.1. The van der Waals surface area contributed by atoms with Crippen LogP contribution in [0.5, 0.6) is 17.4 Å². The molecule has 7 nitrogen and oxygen atoms in total. The molecule has 0 saturated carbocycles. The van der Waals surface area contributed by atoms with Crippen LogP contribution in [0.1, 0.15) is 0 Å². The van der Waals surface area contributed by atoms with Gasteiger partial charge in [0.2, 0.25) is 0 Å². The normalized spacial score (nSPS) is 10.2. The number of nitrogens with two attached hydrogens (primary N) is 1. The van der Waals surface area contributed by atoms with Crippen LogP contribution in [0.3, 0.4) is 0 Å². The summed E-state index contributed by atoms with van der Waals surface area (Å²) in [6.45, 7) is 0. The van der Waals surface area contributed by atoms with E-state index in [1.54, 1.807) is 0 Å². The lowest BCUT2D eigenvalue weighted by molar-refractivity contribution is -0.385. The molecule has 0 fully saturated rings. The van der Waals surface area contributed by atoms with Crippen molar-refractivity contribution in [1.82, 2.24) is 4.98 Å². The number of halogens is 2. The second-order valence-corrected chi connectivity index (χ2v) is 3.84. The van der Waals surface area contributed by atoms with Crippen molar-refractivity contribution in [2.45, 2.75) is 0 Å². The molecular weight excluding hydrogens is 288 g/mol. The number of nitro benzene ring substituents is 1. The second-order valence-electron chi connectivity index (χ2n) is 3.84. The minimum Gasteiger partial charge on any atom is -0.490 e. The summed E-state index contributed by atoms with van der Waals surface area (Å²) in [4.78, 5) is 13.6. The highest BCUT2D eigenvalue weighted by Crippen LogP contribution is 2.33. The molecule has 110 valence electrons. The molecule has 0 aliphatic rings. The maximum Gasteiger partial charge on any atom is 0.314 e. The van der Waals surface area contributed by atoms with Gasteiger partial charge in [-0.25, -0.2) is 8.78 Å². The van der Waals surface area contributed by atoms with Crippen molar-refractivity contribution in [3.8, 4) is 17.4 Å². The molecule has 21 heavy (non-hydrogen) atoms. The third-order valence-corrected chi connectivity index (χ3v) is 2.49. The van der Waals surface area contributed by atoms with E-state index in [2.05, 4.69) is 4.98 Å². The number of hydrogen-bond donors (Lipinski definition) is 1. The van der Waals surface area contributed by atoms with E-state index in [9.17, 15) is 18.9 Å². The average molecular weight is 297 g/mol. The molecule has 0 bridgehead atoms. The summed E-state index contributed by atoms with van der Waals surface area (Å²) in [5.74, 6) is -3.30. The number of methoxy groups -OCH3 is 1. The summed E-state index contributed by atoms with van der Waals surface area (Å²) in [7, 11) is 1.27. The zero-order chi connectivity index (χ0) is 15.6. The van der Waals surface area contributed by atoms with Gasteiger partial charge in [-0.3, -0.25) is 10.1 Å². The van der Waals surface area contributed by atoms with Crippen LogP contribution in [0.15, 0.2) is 24.3 Å². The first-order valence-electron chi connectivity index (χ1n) is 5.54. The molecule has 0 unspecified atom stereocenters. The van der Waals surface area contributed by atoms with Gasteiger partial charge in [-0.1, -0.05) is 0 Å². The van der Waals surface area contributed by atoms with Gasteiger partial charge in [0.1, 0.15) is 5.75 Å². The molecule has 0 saturated heterocycles. The number of aromatic nitrogens is 1. The Morgan fingerprint density at radius 2 is 2.00 bits per heavy atom. The molecule has 0 radical (unpaired) electrons. The van der Waals surface area contributed by atoms with Crippen LogP contribution in [0.25, 0.3) is 0 Å². The molecule has 2 aromatic rings. The topological polar surface area (TPSA) is 101 Å². The van der Waals surface area contributed by atoms with Gasteiger partial charge < -0.3 is 15.2 Å². The fraction of sp³-hybridized carbons (Fsp3) is 0.0833. The summed E-state index contributed by atoms with van der Waals surface area (Å²) in [5, 5.41) is 10.9. The second kappa shape index (κ2) is 5.57. The Bertz CT molecular complexity index is 709. The fourth-order valence-corrected chi connectivity index (χ4v) is 1.52. The van der Waals surface area contributed by atoms with E-state index < -0.39 is 28.3 Å². The molecule has 1 aromatic carbocycles. The van der Waals surface area contributed by atoms with Crippen molar-refractivity contribution in [2.75, 3.05) is 12.8 Å². The largest absolute Gasteiger partial charge is 0.490 e. The molecule has 9 heteroatoms. The van der Waals surface area contributed by atoms with Crippen molar-refractivity contribution in [2.24, 2.45) is 0 Å². The summed E-state index contributed by atoms with van der Waals surface area (Å²) >= 11 is 0. The van der Waals surface area contributed by atoms with Gasteiger partial charge in [0.25, 0.3) is 5.88 Å². The number of nitrogens with zero attached hydrogens (tertiary/aromatic N) is 2. The summed E-state index contributed by atoms with van der Waals surface area (Å²) < 4.78 is 36.3. The Hall–Kier alpha value is -2.97. The Morgan fingerprint density at radius 3 is 2.62 bits per heavy atom. The van der Waals surface area contributed by atoms with Crippen molar-refractivity contribution in [1.29, 1.82) is 0 Å². The monoisotopic (exact) mass is 297 g/mol. The van der Waals surface area contributed by atoms with E-state index in [1.807, 2.05) is 0 Å². The number of benzene rings is 1. The average Bonchev–Trinajstić information content (AvgIpc) is 2.44. The van der Waals surface area contributed by atoms with Gasteiger partial charge in [-0.05, 0) is 12.1 Å². The number of rotatable bonds is 4. The van der Waals surface area contributed by atoms with Crippen LogP contribution in [0, 0.1) is 21.7 Å². The number of ether oxygens (including phenoxy) is 2. The first-order chi connectivity index (χ1) is 9.92. The van der Waals surface area contributed by atoms with Crippen LogP contribution < -0.4 is 15.2 Å². The first-order valence-corrected chi connectivity index (χ1v) is 5.54. The molecule has 0 spiro atoms. The van der Waals surface area contributed by atoms with E-state index in [0.29, 0.717) is 6.07 Å². The van der Waals surface area contributed by atoms with Crippen LogP contribution in [-0.2, 0) is 0 Å². The van der Waals surface area contributed by atoms with Gasteiger partial charge in [0.05, 0.1) is 18.1 Å². The van der Waals surface area contributed by atoms with Gasteiger partial charge in [0.15, 0.2) is 23.2 Å². The summed E-state index contributed by atoms with van der Waals surface area (Å²) in [6, 6.07) is 4.12. The Labute approximate surface area is 117 Å². The van der Waals surface area contributed by atoms with Crippen molar-refractivity contribution < 1.29 is 23.2 Å². The Morgan fingerprint density at radius 1 is 1.29 bits per heavy atom. The minimum atomic E-state index is -1.08. The fourth-order valence-electron chi connectivity index (χ4n) is 1.52. The SMILES string of the molecule is COc1ccc(Oc2nc(N)c(F)cc2F)cc1[N+](=O)[O-]. The van der Waals surface area contributed by atoms with E-state index >= 15 is 0 Å². The molecule has 0 atom stereocenters. The van der Waals surface area contributed by atoms with Crippen molar-refractivity contribution >= 4 is 11.5 Å². The van der Waals surface area contributed by atoms with Gasteiger partial charge in [-0.15, -0.1) is 0 Å². The number of anilines is 1. The molecule has 2 rings (SSSR count). The maximum absolute atomic E-state index is 13.5. The zero-order valence-corrected chi connectivity index (χ0v) is 10.7. The lowest BCUT2D eigenvalue weighted by Gasteiger charge is -2.08. The predicted molar refractivity (Wildman–Crippen MR) is 68.3 cm³/mol. The van der Waals surface area contributed by atoms with Crippen molar-refractivity contribution in [3.05, 3.63) is 46.0 Å². The first kappa shape index (κ1) is 14.4. The quantitative estimate of drug-likeness (QED) is 0.687. The van der Waals surface area contributed by atoms with E-state index in [0.717, 1.165) is 6.07 Å². The number of pyridine rings is 1. The third kappa shape index (κ3) is 2.96. The Balaban J connectivity index is 2.38. The van der Waals surface area contributed by atoms with Crippen molar-refractivity contribution in [3.63, 3.8) is 0 Å². The molecule has 0 amide bonds. The number of hydrogen-bond acceptors (Lipinski definition) is 6. The third-order valence-electron chi connectivity index (χ3n) is 2.49. The molecule has 1 heterocycles. The molecule has 0 aliphatic heterocycles. The maximum atomic E-state index is 13.5. The zero-order valence-electron chi connectivity index (χ0n) is 10.7. The van der Waals surface area contributed by atoms with Crippen LogP contribution in [0.4, 0.5) is 20.3 Å². The van der Waals surface area contributed by atoms with Crippen LogP contribution >= 0.6 is 0 Å². The number of nitro groups is 1. The molecular formula is C12H9F2N3O4. The van der Waals surface area contributed by atoms with E-state index in [4.69, 9.17) is 15.2 Å². The van der Waals surface area contributed by atoms with Crippen LogP contribution in [-0.4, -0.2) is 17.0 Å². The van der Waals surface area contributed by atoms with Gasteiger partial charge in [0, 0.05) is 6.07 Å². The minimum absolute atomic E-state index is 0.0133. The van der Waals surface area contributed by atoms with E-state index in [-0.39, 0.29) is 17.2 Å². The number of nitrogen functional groups attached to an aromatic ring is 1. The summed E-state index contributed by atoms with van der Waals surface area (Å²) in [6.07, 6.45) is 0. The predicted octanol–water partition coefficient (Wildman–Crippen LogP) is 2.65. The van der Waals surface area contributed by atoms with Gasteiger partial charge in [-0.2, -0.15) is 4.98 Å². The smallest absolute Gasteiger partial charge is 0.314 e. The molecule has 2 N–H and O–H groups in total. The standard InChI is InChI=1S/C12H9F2N3O4/c1-20-10-3-2-6(4-9(10)17(18)19)21-12-8(14)5-7(13)11(15)16-12/h2-5H,1H3,(H2,15,16). The van der Waals surface area contributed by atoms with Gasteiger partial charge >= 0.3 is 5.69 Å². The molecule has 0 aliphatic carbocycles. The highest BCUT2D eigenvalue weighted by molar-refractivity contribution is 5.51. The summed E-state index contributed by atoms with van der Waals surface area (Å²) in [5.41, 5.74) is 4.84. The lowest BCUT2D eigenvalue weighted by Crippen LogP contribution is -2.01.